The van der Waals surface area contributed by atoms with Crippen molar-refractivity contribution >= 4 is 21.9 Å². The van der Waals surface area contributed by atoms with Gasteiger partial charge in [0.15, 0.2) is 0 Å². The number of carbonyl (C=O) groups is 2. The van der Waals surface area contributed by atoms with E-state index in [-0.39, 0.29) is 28.5 Å². The van der Waals surface area contributed by atoms with Crippen LogP contribution < -0.4 is 10.1 Å². The summed E-state index contributed by atoms with van der Waals surface area (Å²) in [6.45, 7) is 4.57. The fraction of sp³-hybridized carbons (Fsp3) is 0.556. The molecule has 0 aliphatic carbocycles. The van der Waals surface area contributed by atoms with Crippen molar-refractivity contribution < 1.29 is 27.9 Å². The second-order valence-electron chi connectivity index (χ2n) is 6.97. The van der Waals surface area contributed by atoms with E-state index in [1.807, 2.05) is 13.8 Å². The first-order valence-electron chi connectivity index (χ1n) is 8.88. The van der Waals surface area contributed by atoms with Gasteiger partial charge in [0.25, 0.3) is 5.91 Å². The van der Waals surface area contributed by atoms with Gasteiger partial charge in [0.05, 0.1) is 7.11 Å². The first-order valence-corrected chi connectivity index (χ1v) is 10.3. The maximum absolute atomic E-state index is 12.9. The summed E-state index contributed by atoms with van der Waals surface area (Å²) < 4.78 is 32.3. The number of methoxy groups -OCH3 is 1. The minimum atomic E-state index is -3.79. The Balaban J connectivity index is 2.33. The number of sulfonamides is 1. The Morgan fingerprint density at radius 2 is 1.89 bits per heavy atom. The molecule has 1 fully saturated rings. The summed E-state index contributed by atoms with van der Waals surface area (Å²) in [6.07, 6.45) is 1.85. The van der Waals surface area contributed by atoms with Crippen LogP contribution in [0.2, 0.25) is 0 Å². The van der Waals surface area contributed by atoms with Crippen LogP contribution in [0.5, 0.6) is 5.75 Å². The highest BCUT2D eigenvalue weighted by Crippen LogP contribution is 2.29. The van der Waals surface area contributed by atoms with Crippen molar-refractivity contribution in [2.24, 2.45) is 5.92 Å². The van der Waals surface area contributed by atoms with E-state index in [0.717, 1.165) is 12.8 Å². The second kappa shape index (κ2) is 8.71. The third-order valence-electron chi connectivity index (χ3n) is 4.42. The SMILES string of the molecule is COc1ccc(C(=O)NC(CC(C)C)C(=O)O)cc1S(=O)(=O)N1CCCC1. The molecule has 150 valence electrons. The van der Waals surface area contributed by atoms with Gasteiger partial charge in [-0.2, -0.15) is 4.31 Å². The van der Waals surface area contributed by atoms with Crippen LogP contribution >= 0.6 is 0 Å². The average Bonchev–Trinajstić information content (AvgIpc) is 3.15. The van der Waals surface area contributed by atoms with E-state index in [0.29, 0.717) is 13.1 Å². The normalized spacial score (nSPS) is 16.3. The predicted octanol–water partition coefficient (Wildman–Crippen LogP) is 1.71. The molecule has 0 aromatic heterocycles. The molecule has 1 aromatic rings. The molecule has 8 nitrogen and oxygen atoms in total. The van der Waals surface area contributed by atoms with Gasteiger partial charge >= 0.3 is 5.97 Å². The number of rotatable bonds is 8. The highest BCUT2D eigenvalue weighted by atomic mass is 32.2. The van der Waals surface area contributed by atoms with E-state index >= 15 is 0 Å². The summed E-state index contributed by atoms with van der Waals surface area (Å²) in [7, 11) is -2.43. The van der Waals surface area contributed by atoms with E-state index in [1.165, 1.54) is 29.6 Å². The van der Waals surface area contributed by atoms with Crippen molar-refractivity contribution in [2.45, 2.75) is 44.0 Å². The number of amides is 1. The Morgan fingerprint density at radius 1 is 1.26 bits per heavy atom. The molecule has 9 heteroatoms. The Morgan fingerprint density at radius 3 is 2.41 bits per heavy atom. The van der Waals surface area contributed by atoms with Crippen molar-refractivity contribution in [1.82, 2.24) is 9.62 Å². The van der Waals surface area contributed by atoms with Crippen molar-refractivity contribution in [3.63, 3.8) is 0 Å². The highest BCUT2D eigenvalue weighted by molar-refractivity contribution is 7.89. The molecular formula is C18H26N2O6S. The lowest BCUT2D eigenvalue weighted by atomic mass is 10.0. The number of benzene rings is 1. The van der Waals surface area contributed by atoms with Crippen LogP contribution in [0, 0.1) is 5.92 Å². The minimum absolute atomic E-state index is 0.0728. The molecule has 27 heavy (non-hydrogen) atoms. The van der Waals surface area contributed by atoms with E-state index < -0.39 is 27.9 Å². The van der Waals surface area contributed by atoms with Crippen LogP contribution in [0.4, 0.5) is 0 Å². The van der Waals surface area contributed by atoms with Gasteiger partial charge in [-0.05, 0) is 43.4 Å². The fourth-order valence-electron chi connectivity index (χ4n) is 3.02. The monoisotopic (exact) mass is 398 g/mol. The zero-order valence-electron chi connectivity index (χ0n) is 15.8. The average molecular weight is 398 g/mol. The lowest BCUT2D eigenvalue weighted by Gasteiger charge is -2.19. The number of carboxylic acids is 1. The molecule has 0 radical (unpaired) electrons. The van der Waals surface area contributed by atoms with Gasteiger partial charge in [0, 0.05) is 18.7 Å². The van der Waals surface area contributed by atoms with Crippen LogP contribution in [-0.4, -0.2) is 55.9 Å². The predicted molar refractivity (Wildman–Crippen MR) is 99.3 cm³/mol. The molecule has 1 aliphatic heterocycles. The van der Waals surface area contributed by atoms with Crippen LogP contribution in [0.15, 0.2) is 23.1 Å². The number of carboxylic acid groups (broad SMARTS) is 1. The van der Waals surface area contributed by atoms with Crippen molar-refractivity contribution in [1.29, 1.82) is 0 Å². The molecule has 1 aliphatic rings. The third-order valence-corrected chi connectivity index (χ3v) is 6.34. The zero-order valence-corrected chi connectivity index (χ0v) is 16.6. The third kappa shape index (κ3) is 4.98. The molecule has 0 spiro atoms. The zero-order chi connectivity index (χ0) is 20.2. The van der Waals surface area contributed by atoms with E-state index in [1.54, 1.807) is 0 Å². The number of ether oxygens (including phenoxy) is 1. The Labute approximate surface area is 159 Å². The minimum Gasteiger partial charge on any atom is -0.495 e. The first-order chi connectivity index (χ1) is 12.7. The Kier molecular flexibility index (Phi) is 6.83. The molecule has 1 amide bonds. The molecule has 1 atom stereocenters. The molecule has 1 saturated heterocycles. The summed E-state index contributed by atoms with van der Waals surface area (Å²) in [5.74, 6) is -1.54. The van der Waals surface area contributed by atoms with Crippen LogP contribution in [-0.2, 0) is 14.8 Å². The van der Waals surface area contributed by atoms with Crippen molar-refractivity contribution in [3.8, 4) is 5.75 Å². The molecule has 2 N–H and O–H groups in total. The number of hydrogen-bond acceptors (Lipinski definition) is 5. The molecule has 1 unspecified atom stereocenters. The standard InChI is InChI=1S/C18H26N2O6S/c1-12(2)10-14(18(22)23)19-17(21)13-6-7-15(26-3)16(11-13)27(24,25)20-8-4-5-9-20/h6-7,11-12,14H,4-5,8-10H2,1-3H3,(H,19,21)(H,22,23). The summed E-state index contributed by atoms with van der Waals surface area (Å²) in [4.78, 5) is 23.8. The topological polar surface area (TPSA) is 113 Å². The number of hydrogen-bond donors (Lipinski definition) is 2. The van der Waals surface area contributed by atoms with Crippen LogP contribution in [0.1, 0.15) is 43.5 Å². The Hall–Kier alpha value is -2.13. The van der Waals surface area contributed by atoms with Crippen LogP contribution in [0.25, 0.3) is 0 Å². The number of carbonyl (C=O) groups excluding carboxylic acids is 1. The molecule has 0 saturated carbocycles. The lowest BCUT2D eigenvalue weighted by molar-refractivity contribution is -0.139. The maximum Gasteiger partial charge on any atom is 0.326 e. The quantitative estimate of drug-likeness (QED) is 0.689. The fourth-order valence-corrected chi connectivity index (χ4v) is 4.72. The summed E-state index contributed by atoms with van der Waals surface area (Å²) >= 11 is 0. The van der Waals surface area contributed by atoms with Gasteiger partial charge in [-0.25, -0.2) is 13.2 Å². The first kappa shape index (κ1) is 21.2. The van der Waals surface area contributed by atoms with Gasteiger partial charge in [-0.3, -0.25) is 4.79 Å². The largest absolute Gasteiger partial charge is 0.495 e. The van der Waals surface area contributed by atoms with E-state index in [9.17, 15) is 23.1 Å². The van der Waals surface area contributed by atoms with Crippen LogP contribution in [0.3, 0.4) is 0 Å². The summed E-state index contributed by atoms with van der Waals surface area (Å²) in [5, 5.41) is 11.8. The van der Waals surface area contributed by atoms with Crippen molar-refractivity contribution in [3.05, 3.63) is 23.8 Å². The summed E-state index contributed by atoms with van der Waals surface area (Å²) in [6, 6.07) is 3.04. The lowest BCUT2D eigenvalue weighted by Crippen LogP contribution is -2.41. The molecule has 1 heterocycles. The summed E-state index contributed by atoms with van der Waals surface area (Å²) in [5.41, 5.74) is 0.0728. The van der Waals surface area contributed by atoms with E-state index in [4.69, 9.17) is 4.74 Å². The van der Waals surface area contributed by atoms with Gasteiger partial charge < -0.3 is 15.2 Å². The number of nitrogens with zero attached hydrogens (tertiary/aromatic N) is 1. The molecule has 2 rings (SSSR count). The maximum atomic E-state index is 12.9. The molecule has 0 bridgehead atoms. The van der Waals surface area contributed by atoms with Gasteiger partial charge in [0.1, 0.15) is 16.7 Å². The molecule has 1 aromatic carbocycles. The number of nitrogens with one attached hydrogen (secondary N) is 1. The van der Waals surface area contributed by atoms with Gasteiger partial charge in [0.2, 0.25) is 10.0 Å². The van der Waals surface area contributed by atoms with Gasteiger partial charge in [-0.1, -0.05) is 13.8 Å². The van der Waals surface area contributed by atoms with Gasteiger partial charge in [-0.15, -0.1) is 0 Å². The van der Waals surface area contributed by atoms with Crippen molar-refractivity contribution in [2.75, 3.05) is 20.2 Å². The van der Waals surface area contributed by atoms with E-state index in [2.05, 4.69) is 5.32 Å². The number of aliphatic carboxylic acids is 1. The molecular weight excluding hydrogens is 372 g/mol. The Bertz CT molecular complexity index is 800. The highest BCUT2D eigenvalue weighted by Gasteiger charge is 2.31. The smallest absolute Gasteiger partial charge is 0.326 e. The second-order valence-corrected chi connectivity index (χ2v) is 8.88.